The monoisotopic (exact) mass is 339 g/mol. The van der Waals surface area contributed by atoms with Crippen LogP contribution in [0.4, 0.5) is 0 Å². The van der Waals surface area contributed by atoms with Gasteiger partial charge in [0.1, 0.15) is 18.3 Å². The molecule has 3 aromatic rings. The molecule has 25 heavy (non-hydrogen) atoms. The van der Waals surface area contributed by atoms with E-state index in [0.717, 1.165) is 12.0 Å². The molecule has 0 aliphatic heterocycles. The van der Waals surface area contributed by atoms with Crippen LogP contribution in [0.5, 0.6) is 0 Å². The summed E-state index contributed by atoms with van der Waals surface area (Å²) in [6.45, 7) is 3.18. The lowest BCUT2D eigenvalue weighted by atomic mass is 10.2. The third-order valence-corrected chi connectivity index (χ3v) is 4.09. The van der Waals surface area contributed by atoms with Crippen molar-refractivity contribution in [3.05, 3.63) is 58.8 Å². The number of nitrogens with zero attached hydrogens (tertiary/aromatic N) is 5. The first-order chi connectivity index (χ1) is 12.1. The molecule has 130 valence electrons. The fourth-order valence-corrected chi connectivity index (χ4v) is 2.79. The molecule has 2 aromatic heterocycles. The highest BCUT2D eigenvalue weighted by Gasteiger charge is 2.16. The predicted molar refractivity (Wildman–Crippen MR) is 94.9 cm³/mol. The van der Waals surface area contributed by atoms with Gasteiger partial charge in [-0.1, -0.05) is 37.3 Å². The summed E-state index contributed by atoms with van der Waals surface area (Å²) in [4.78, 5) is 31.2. The number of rotatable bonds is 6. The SMILES string of the molecule is CCCN(Cc1ccccc1)C(=O)Cn1cnc2c(cnn2C)c1=O. The van der Waals surface area contributed by atoms with E-state index >= 15 is 0 Å². The first-order valence-corrected chi connectivity index (χ1v) is 8.29. The number of carbonyl (C=O) groups excluding carboxylic acids is 1. The van der Waals surface area contributed by atoms with Gasteiger partial charge in [-0.25, -0.2) is 4.98 Å². The van der Waals surface area contributed by atoms with Crippen molar-refractivity contribution >= 4 is 16.9 Å². The smallest absolute Gasteiger partial charge is 0.264 e. The van der Waals surface area contributed by atoms with Crippen molar-refractivity contribution in [2.24, 2.45) is 7.05 Å². The summed E-state index contributed by atoms with van der Waals surface area (Å²) in [7, 11) is 1.73. The lowest BCUT2D eigenvalue weighted by molar-refractivity contribution is -0.132. The van der Waals surface area contributed by atoms with E-state index in [1.165, 1.54) is 17.1 Å². The number of hydrogen-bond donors (Lipinski definition) is 0. The van der Waals surface area contributed by atoms with Gasteiger partial charge in [0.25, 0.3) is 5.56 Å². The van der Waals surface area contributed by atoms with Crippen LogP contribution < -0.4 is 5.56 Å². The van der Waals surface area contributed by atoms with Crippen LogP contribution in [0.3, 0.4) is 0 Å². The Hall–Kier alpha value is -2.96. The quantitative estimate of drug-likeness (QED) is 0.683. The van der Waals surface area contributed by atoms with Crippen LogP contribution in [-0.2, 0) is 24.9 Å². The number of benzene rings is 1. The molecule has 3 rings (SSSR count). The summed E-state index contributed by atoms with van der Waals surface area (Å²) in [6, 6.07) is 9.84. The van der Waals surface area contributed by atoms with Gasteiger partial charge in [-0.15, -0.1) is 0 Å². The van der Waals surface area contributed by atoms with Crippen molar-refractivity contribution in [1.82, 2.24) is 24.2 Å². The van der Waals surface area contributed by atoms with Crippen LogP contribution in [0.15, 0.2) is 47.7 Å². The van der Waals surface area contributed by atoms with E-state index in [0.29, 0.717) is 24.1 Å². The molecule has 0 radical (unpaired) electrons. The van der Waals surface area contributed by atoms with Crippen molar-refractivity contribution in [1.29, 1.82) is 0 Å². The minimum Gasteiger partial charge on any atom is -0.337 e. The Balaban J connectivity index is 1.81. The predicted octanol–water partition coefficient (Wildman–Crippen LogP) is 1.57. The second-order valence-electron chi connectivity index (χ2n) is 5.98. The van der Waals surface area contributed by atoms with E-state index in [1.807, 2.05) is 37.3 Å². The number of aromatic nitrogens is 4. The molecule has 0 atom stereocenters. The van der Waals surface area contributed by atoms with Crippen LogP contribution in [0.1, 0.15) is 18.9 Å². The van der Waals surface area contributed by atoms with Crippen molar-refractivity contribution in [2.45, 2.75) is 26.4 Å². The van der Waals surface area contributed by atoms with Gasteiger partial charge in [-0.3, -0.25) is 18.8 Å². The van der Waals surface area contributed by atoms with Gasteiger partial charge in [0.05, 0.1) is 6.20 Å². The second-order valence-corrected chi connectivity index (χ2v) is 5.98. The molecule has 0 saturated carbocycles. The molecule has 7 heteroatoms. The fourth-order valence-electron chi connectivity index (χ4n) is 2.79. The van der Waals surface area contributed by atoms with Gasteiger partial charge in [0.2, 0.25) is 5.91 Å². The maximum atomic E-state index is 12.7. The normalized spacial score (nSPS) is 11.0. The van der Waals surface area contributed by atoms with Crippen LogP contribution in [0, 0.1) is 0 Å². The third kappa shape index (κ3) is 3.60. The zero-order chi connectivity index (χ0) is 17.8. The van der Waals surface area contributed by atoms with Crippen LogP contribution in [0.2, 0.25) is 0 Å². The van der Waals surface area contributed by atoms with Gasteiger partial charge < -0.3 is 4.90 Å². The molecule has 0 unspecified atom stereocenters. The van der Waals surface area contributed by atoms with Crippen LogP contribution >= 0.6 is 0 Å². The highest BCUT2D eigenvalue weighted by atomic mass is 16.2. The topological polar surface area (TPSA) is 73.0 Å². The number of hydrogen-bond acceptors (Lipinski definition) is 4. The number of aryl methyl sites for hydroxylation is 1. The van der Waals surface area contributed by atoms with E-state index in [1.54, 1.807) is 16.6 Å². The second kappa shape index (κ2) is 7.29. The van der Waals surface area contributed by atoms with E-state index in [4.69, 9.17) is 0 Å². The minimum atomic E-state index is -0.248. The van der Waals surface area contributed by atoms with Gasteiger partial charge in [-0.05, 0) is 12.0 Å². The van der Waals surface area contributed by atoms with Gasteiger partial charge in [0, 0.05) is 20.1 Å². The molecule has 0 fully saturated rings. The summed E-state index contributed by atoms with van der Waals surface area (Å²) in [6.07, 6.45) is 3.75. The van der Waals surface area contributed by atoms with Crippen molar-refractivity contribution in [3.8, 4) is 0 Å². The maximum Gasteiger partial charge on any atom is 0.264 e. The van der Waals surface area contributed by atoms with Gasteiger partial charge in [-0.2, -0.15) is 5.10 Å². The molecule has 1 amide bonds. The van der Waals surface area contributed by atoms with E-state index in [9.17, 15) is 9.59 Å². The molecule has 2 heterocycles. The Labute approximate surface area is 145 Å². The van der Waals surface area contributed by atoms with Crippen LogP contribution in [-0.4, -0.2) is 36.7 Å². The number of amides is 1. The summed E-state index contributed by atoms with van der Waals surface area (Å²) in [5.41, 5.74) is 1.34. The molecule has 0 aliphatic carbocycles. The third-order valence-electron chi connectivity index (χ3n) is 4.09. The average molecular weight is 339 g/mol. The minimum absolute atomic E-state index is 0.0243. The lowest BCUT2D eigenvalue weighted by Gasteiger charge is -2.22. The first-order valence-electron chi connectivity index (χ1n) is 8.29. The van der Waals surface area contributed by atoms with Crippen molar-refractivity contribution < 1.29 is 4.79 Å². The Morgan fingerprint density at radius 2 is 2.00 bits per heavy atom. The molecule has 1 aromatic carbocycles. The standard InChI is InChI=1S/C18H21N5O2/c1-3-9-22(11-14-7-5-4-6-8-14)16(24)12-23-13-19-17-15(18(23)25)10-20-21(17)2/h4-8,10,13H,3,9,11-12H2,1-2H3. The molecular weight excluding hydrogens is 318 g/mol. The maximum absolute atomic E-state index is 12.7. The largest absolute Gasteiger partial charge is 0.337 e. The van der Waals surface area contributed by atoms with E-state index < -0.39 is 0 Å². The van der Waals surface area contributed by atoms with E-state index in [2.05, 4.69) is 10.1 Å². The fraction of sp³-hybridized carbons (Fsp3) is 0.333. The molecule has 7 nitrogen and oxygen atoms in total. The molecule has 0 spiro atoms. The van der Waals surface area contributed by atoms with Crippen molar-refractivity contribution in [2.75, 3.05) is 6.54 Å². The van der Waals surface area contributed by atoms with Gasteiger partial charge >= 0.3 is 0 Å². The molecule has 0 saturated heterocycles. The van der Waals surface area contributed by atoms with Gasteiger partial charge in [0.15, 0.2) is 5.65 Å². The summed E-state index contributed by atoms with van der Waals surface area (Å²) < 4.78 is 2.89. The zero-order valence-corrected chi connectivity index (χ0v) is 14.4. The average Bonchev–Trinajstić information content (AvgIpc) is 3.00. The Morgan fingerprint density at radius 3 is 2.72 bits per heavy atom. The highest BCUT2D eigenvalue weighted by molar-refractivity contribution is 5.77. The molecular formula is C18H21N5O2. The van der Waals surface area contributed by atoms with Crippen LogP contribution in [0.25, 0.3) is 11.0 Å². The summed E-state index contributed by atoms with van der Waals surface area (Å²) in [5.74, 6) is -0.0992. The molecule has 0 bridgehead atoms. The molecule has 0 N–H and O–H groups in total. The highest BCUT2D eigenvalue weighted by Crippen LogP contribution is 2.07. The summed E-state index contributed by atoms with van der Waals surface area (Å²) >= 11 is 0. The van der Waals surface area contributed by atoms with E-state index in [-0.39, 0.29) is 18.0 Å². The first kappa shape index (κ1) is 16.9. The summed E-state index contributed by atoms with van der Waals surface area (Å²) in [5, 5.41) is 4.46. The number of fused-ring (bicyclic) bond motifs is 1. The Morgan fingerprint density at radius 1 is 1.24 bits per heavy atom. The Kier molecular flexibility index (Phi) is 4.92. The van der Waals surface area contributed by atoms with Crippen molar-refractivity contribution in [3.63, 3.8) is 0 Å². The lowest BCUT2D eigenvalue weighted by Crippen LogP contribution is -2.36. The number of carbonyl (C=O) groups is 1. The zero-order valence-electron chi connectivity index (χ0n) is 14.4. The Bertz CT molecular complexity index is 930. The molecule has 0 aliphatic rings.